The lowest BCUT2D eigenvalue weighted by Crippen LogP contribution is -2.45. The molecule has 0 aliphatic rings. The molecule has 0 saturated carbocycles. The van der Waals surface area contributed by atoms with E-state index in [1.165, 1.54) is 19.1 Å². The van der Waals surface area contributed by atoms with Crippen LogP contribution in [0.1, 0.15) is 58.7 Å². The summed E-state index contributed by atoms with van der Waals surface area (Å²) in [7, 11) is 7.53. The zero-order valence-electron chi connectivity index (χ0n) is 25.6. The number of ether oxygens (including phenoxy) is 1. The third kappa shape index (κ3) is 12.2. The van der Waals surface area contributed by atoms with Gasteiger partial charge >= 0.3 is 6.03 Å². The van der Waals surface area contributed by atoms with Crippen LogP contribution in [0, 0.1) is 31.1 Å². The van der Waals surface area contributed by atoms with Gasteiger partial charge in [-0.25, -0.2) is 4.79 Å². The summed E-state index contributed by atoms with van der Waals surface area (Å²) in [6, 6.07) is 10.8. The van der Waals surface area contributed by atoms with Crippen molar-refractivity contribution < 1.29 is 19.1 Å². The SMILES string of the molecule is C.CC.CC(=O)N(C=O)c1ccc(C#N)c(Cl)c1C.COc1cc(C)cc(NC(=O)N(C)CC(C(C)C)N(C)C)c1. The molecule has 228 valence electrons. The van der Waals surface area contributed by atoms with Gasteiger partial charge in [-0.15, -0.1) is 0 Å². The summed E-state index contributed by atoms with van der Waals surface area (Å²) in [6.45, 7) is 13.9. The van der Waals surface area contributed by atoms with E-state index >= 15 is 0 Å². The third-order valence-electron chi connectivity index (χ3n) is 5.96. The highest BCUT2D eigenvalue weighted by atomic mass is 35.5. The van der Waals surface area contributed by atoms with Gasteiger partial charge in [-0.05, 0) is 69.3 Å². The maximum atomic E-state index is 12.4. The first-order valence-corrected chi connectivity index (χ1v) is 13.4. The first kappa shape index (κ1) is 39.5. The Kier molecular flexibility index (Phi) is 18.8. The monoisotopic (exact) mass is 589 g/mol. The molecule has 10 heteroatoms. The van der Waals surface area contributed by atoms with Crippen LogP contribution >= 0.6 is 11.6 Å². The fourth-order valence-corrected chi connectivity index (χ4v) is 4.02. The van der Waals surface area contributed by atoms with Crippen LogP contribution in [0.3, 0.4) is 0 Å². The summed E-state index contributed by atoms with van der Waals surface area (Å²) in [5.41, 5.74) is 3.04. The summed E-state index contributed by atoms with van der Waals surface area (Å²) in [6.07, 6.45) is 0.424. The van der Waals surface area contributed by atoms with Gasteiger partial charge in [0.05, 0.1) is 23.4 Å². The molecule has 0 spiro atoms. The minimum Gasteiger partial charge on any atom is -0.497 e. The van der Waals surface area contributed by atoms with Gasteiger partial charge in [0.25, 0.3) is 0 Å². The second-order valence-electron chi connectivity index (χ2n) is 9.50. The van der Waals surface area contributed by atoms with E-state index in [9.17, 15) is 14.4 Å². The maximum Gasteiger partial charge on any atom is 0.321 e. The van der Waals surface area contributed by atoms with Crippen LogP contribution in [0.15, 0.2) is 30.3 Å². The van der Waals surface area contributed by atoms with E-state index in [-0.39, 0.29) is 18.5 Å². The van der Waals surface area contributed by atoms with E-state index in [1.54, 1.807) is 18.9 Å². The zero-order valence-corrected chi connectivity index (χ0v) is 26.4. The Morgan fingerprint density at radius 3 is 2.15 bits per heavy atom. The van der Waals surface area contributed by atoms with Crippen molar-refractivity contribution in [2.45, 2.75) is 61.9 Å². The van der Waals surface area contributed by atoms with Gasteiger partial charge < -0.3 is 19.9 Å². The van der Waals surface area contributed by atoms with Crippen LogP contribution in [0.25, 0.3) is 0 Å². The van der Waals surface area contributed by atoms with E-state index in [0.29, 0.717) is 41.7 Å². The molecular formula is C31H48ClN5O4. The summed E-state index contributed by atoms with van der Waals surface area (Å²) in [4.78, 5) is 39.1. The largest absolute Gasteiger partial charge is 0.497 e. The van der Waals surface area contributed by atoms with E-state index in [0.717, 1.165) is 21.9 Å². The molecule has 0 bridgehead atoms. The lowest BCUT2D eigenvalue weighted by molar-refractivity contribution is -0.120. The van der Waals surface area contributed by atoms with Gasteiger partial charge in [0.2, 0.25) is 12.3 Å². The quantitative estimate of drug-likeness (QED) is 0.342. The van der Waals surface area contributed by atoms with Crippen molar-refractivity contribution in [3.05, 3.63) is 52.0 Å². The standard InChI is InChI=1S/C17H29N3O2.C11H9ClN2O2.C2H6.CH4/c1-12(2)16(19(4)5)11-20(6)17(21)18-14-8-13(3)9-15(10-14)22-7;1-7-10(14(6-15)8(2)16)4-3-9(5-13)11(7)12;1-2;/h8-10,12,16H,11H2,1-7H3,(H,18,21);3-4,6H,1-2H3;1-2H3;1H4. The smallest absolute Gasteiger partial charge is 0.321 e. The topological polar surface area (TPSA) is 106 Å². The Morgan fingerprint density at radius 2 is 1.71 bits per heavy atom. The maximum absolute atomic E-state index is 12.4. The lowest BCUT2D eigenvalue weighted by atomic mass is 10.0. The molecule has 4 amide bonds. The minimum atomic E-state index is -0.404. The lowest BCUT2D eigenvalue weighted by Gasteiger charge is -2.32. The van der Waals surface area contributed by atoms with Crippen LogP contribution < -0.4 is 15.0 Å². The molecule has 0 saturated heterocycles. The number of rotatable bonds is 8. The van der Waals surface area contributed by atoms with Gasteiger partial charge in [0.1, 0.15) is 11.8 Å². The molecule has 0 aliphatic heterocycles. The fourth-order valence-electron chi connectivity index (χ4n) is 3.81. The highest BCUT2D eigenvalue weighted by Crippen LogP contribution is 2.29. The second-order valence-corrected chi connectivity index (χ2v) is 9.88. The number of imide groups is 1. The number of nitrogens with zero attached hydrogens (tertiary/aromatic N) is 4. The second kappa shape index (κ2) is 19.5. The van der Waals surface area contributed by atoms with E-state index in [4.69, 9.17) is 21.6 Å². The number of hydrogen-bond donors (Lipinski definition) is 1. The predicted octanol–water partition coefficient (Wildman–Crippen LogP) is 6.75. The van der Waals surface area contributed by atoms with Crippen molar-refractivity contribution in [3.8, 4) is 11.8 Å². The first-order chi connectivity index (χ1) is 18.8. The average molecular weight is 590 g/mol. The molecule has 0 aliphatic carbocycles. The Morgan fingerprint density at radius 1 is 1.12 bits per heavy atom. The number of hydrogen-bond acceptors (Lipinski definition) is 6. The minimum absolute atomic E-state index is 0. The molecule has 1 atom stereocenters. The van der Waals surface area contributed by atoms with Crippen LogP contribution in [0.4, 0.5) is 16.2 Å². The van der Waals surface area contributed by atoms with Crippen molar-refractivity contribution >= 4 is 41.3 Å². The van der Waals surface area contributed by atoms with E-state index in [1.807, 2.05) is 66.2 Å². The molecule has 0 fully saturated rings. The molecule has 0 heterocycles. The van der Waals surface area contributed by atoms with Crippen molar-refractivity contribution in [2.75, 3.05) is 45.0 Å². The van der Waals surface area contributed by atoms with E-state index in [2.05, 4.69) is 24.1 Å². The van der Waals surface area contributed by atoms with Crippen LogP contribution in [0.5, 0.6) is 5.75 Å². The highest BCUT2D eigenvalue weighted by molar-refractivity contribution is 6.33. The molecule has 1 N–H and O–H groups in total. The number of benzene rings is 2. The third-order valence-corrected chi connectivity index (χ3v) is 6.45. The number of carbonyl (C=O) groups excluding carboxylic acids is 3. The fraction of sp³-hybridized carbons (Fsp3) is 0.484. The molecule has 0 aromatic heterocycles. The number of halogens is 1. The van der Waals surface area contributed by atoms with Gasteiger partial charge in [-0.1, -0.05) is 46.7 Å². The molecular weight excluding hydrogens is 542 g/mol. The Bertz CT molecular complexity index is 1170. The molecule has 41 heavy (non-hydrogen) atoms. The molecule has 1 unspecified atom stereocenters. The van der Waals surface area contributed by atoms with Gasteiger partial charge in [-0.2, -0.15) is 5.26 Å². The predicted molar refractivity (Wildman–Crippen MR) is 170 cm³/mol. The summed E-state index contributed by atoms with van der Waals surface area (Å²) in [5, 5.41) is 11.9. The Labute approximate surface area is 252 Å². The molecule has 0 radical (unpaired) electrons. The van der Waals surface area contributed by atoms with Crippen molar-refractivity contribution in [1.29, 1.82) is 5.26 Å². The summed E-state index contributed by atoms with van der Waals surface area (Å²) in [5.74, 6) is 0.814. The number of nitriles is 1. The number of carbonyl (C=O) groups is 3. The molecule has 2 aromatic carbocycles. The summed E-state index contributed by atoms with van der Waals surface area (Å²) < 4.78 is 5.23. The van der Waals surface area contributed by atoms with Gasteiger partial charge in [0, 0.05) is 38.3 Å². The van der Waals surface area contributed by atoms with Crippen LogP contribution in [-0.2, 0) is 9.59 Å². The summed E-state index contributed by atoms with van der Waals surface area (Å²) >= 11 is 5.93. The zero-order chi connectivity index (χ0) is 31.2. The average Bonchev–Trinajstić information content (AvgIpc) is 2.90. The Hall–Kier alpha value is -3.61. The van der Waals surface area contributed by atoms with Crippen molar-refractivity contribution in [2.24, 2.45) is 5.92 Å². The van der Waals surface area contributed by atoms with Crippen molar-refractivity contribution in [1.82, 2.24) is 9.80 Å². The molecule has 9 nitrogen and oxygen atoms in total. The Balaban J connectivity index is 0. The van der Waals surface area contributed by atoms with E-state index < -0.39 is 5.91 Å². The van der Waals surface area contributed by atoms with Crippen LogP contribution in [0.2, 0.25) is 5.02 Å². The molecule has 2 aromatic rings. The van der Waals surface area contributed by atoms with Gasteiger partial charge in [-0.3, -0.25) is 14.5 Å². The van der Waals surface area contributed by atoms with Crippen LogP contribution in [-0.4, -0.2) is 69.0 Å². The number of urea groups is 1. The number of amides is 4. The number of anilines is 2. The highest BCUT2D eigenvalue weighted by Gasteiger charge is 2.21. The normalized spacial score (nSPS) is 10.5. The number of nitrogens with one attached hydrogen (secondary N) is 1. The molecule has 2 rings (SSSR count). The first-order valence-electron chi connectivity index (χ1n) is 13.1. The number of aryl methyl sites for hydroxylation is 1. The van der Waals surface area contributed by atoms with Crippen molar-refractivity contribution in [3.63, 3.8) is 0 Å². The van der Waals surface area contributed by atoms with Gasteiger partial charge in [0.15, 0.2) is 0 Å². The number of methoxy groups -OCH3 is 1. The number of likely N-dealkylation sites (N-methyl/N-ethyl adjacent to an activating group) is 2.